The molecule has 0 spiro atoms. The Morgan fingerprint density at radius 1 is 1.21 bits per heavy atom. The van der Waals surface area contributed by atoms with Crippen LogP contribution in [0.4, 0.5) is 5.69 Å². The SMILES string of the molecule is COC(=O)COc1c(I)cc(/C=C(/C#N)C(=O)Nc2ccccc2)cc1OC. The zero-order valence-electron chi connectivity index (χ0n) is 15.2. The summed E-state index contributed by atoms with van der Waals surface area (Å²) in [7, 11) is 2.73. The van der Waals surface area contributed by atoms with Crippen LogP contribution in [0.1, 0.15) is 5.56 Å². The van der Waals surface area contributed by atoms with E-state index in [0.717, 1.165) is 0 Å². The zero-order chi connectivity index (χ0) is 20.5. The minimum Gasteiger partial charge on any atom is -0.493 e. The lowest BCUT2D eigenvalue weighted by Gasteiger charge is -2.13. The van der Waals surface area contributed by atoms with E-state index in [0.29, 0.717) is 26.3 Å². The van der Waals surface area contributed by atoms with Crippen molar-refractivity contribution in [3.05, 3.63) is 57.2 Å². The Bertz CT molecular complexity index is 936. The first kappa shape index (κ1) is 21.2. The first-order valence-electron chi connectivity index (χ1n) is 8.03. The van der Waals surface area contributed by atoms with Crippen LogP contribution >= 0.6 is 22.6 Å². The van der Waals surface area contributed by atoms with Crippen molar-refractivity contribution in [3.8, 4) is 17.6 Å². The topological polar surface area (TPSA) is 97.7 Å². The fourth-order valence-corrected chi connectivity index (χ4v) is 2.97. The van der Waals surface area contributed by atoms with E-state index in [2.05, 4.69) is 10.1 Å². The maximum atomic E-state index is 12.4. The van der Waals surface area contributed by atoms with Crippen LogP contribution in [0.3, 0.4) is 0 Å². The fourth-order valence-electron chi connectivity index (χ4n) is 2.19. The molecule has 1 N–H and O–H groups in total. The summed E-state index contributed by atoms with van der Waals surface area (Å²) in [6, 6.07) is 14.1. The smallest absolute Gasteiger partial charge is 0.343 e. The molecule has 0 fully saturated rings. The summed E-state index contributed by atoms with van der Waals surface area (Å²) in [6.07, 6.45) is 1.45. The van der Waals surface area contributed by atoms with Crippen LogP contribution in [0.5, 0.6) is 11.5 Å². The van der Waals surface area contributed by atoms with E-state index in [1.807, 2.05) is 34.7 Å². The molecule has 2 aromatic rings. The Kier molecular flexibility index (Phi) is 7.83. The third-order valence-corrected chi connectivity index (χ3v) is 4.32. The molecule has 7 nitrogen and oxygen atoms in total. The minimum absolute atomic E-state index is 0.0649. The fraction of sp³-hybridized carbons (Fsp3) is 0.150. The molecule has 0 heterocycles. The van der Waals surface area contributed by atoms with Gasteiger partial charge in [-0.3, -0.25) is 4.79 Å². The zero-order valence-corrected chi connectivity index (χ0v) is 17.3. The summed E-state index contributed by atoms with van der Waals surface area (Å²) < 4.78 is 16.0. The second-order valence-electron chi connectivity index (χ2n) is 5.39. The Balaban J connectivity index is 2.27. The van der Waals surface area contributed by atoms with Gasteiger partial charge in [-0.1, -0.05) is 18.2 Å². The molecule has 0 aliphatic carbocycles. The van der Waals surface area contributed by atoms with Crippen molar-refractivity contribution in [2.24, 2.45) is 0 Å². The van der Waals surface area contributed by atoms with Gasteiger partial charge in [0.2, 0.25) is 0 Å². The Hall–Kier alpha value is -3.06. The van der Waals surface area contributed by atoms with Crippen LogP contribution < -0.4 is 14.8 Å². The molecule has 0 atom stereocenters. The summed E-state index contributed by atoms with van der Waals surface area (Å²) in [4.78, 5) is 23.6. The summed E-state index contributed by atoms with van der Waals surface area (Å²) >= 11 is 2.02. The number of halogens is 1. The molecule has 0 unspecified atom stereocenters. The quantitative estimate of drug-likeness (QED) is 0.276. The number of benzene rings is 2. The average molecular weight is 492 g/mol. The molecule has 1 amide bonds. The molecule has 2 rings (SSSR count). The molecule has 2 aromatic carbocycles. The van der Waals surface area contributed by atoms with Gasteiger partial charge in [-0.15, -0.1) is 0 Å². The van der Waals surface area contributed by atoms with Gasteiger partial charge < -0.3 is 19.5 Å². The van der Waals surface area contributed by atoms with Crippen LogP contribution in [0, 0.1) is 14.9 Å². The highest BCUT2D eigenvalue weighted by atomic mass is 127. The third kappa shape index (κ3) is 5.72. The molecule has 8 heteroatoms. The van der Waals surface area contributed by atoms with Crippen molar-refractivity contribution in [2.45, 2.75) is 0 Å². The second-order valence-corrected chi connectivity index (χ2v) is 6.55. The molecule has 0 bridgehead atoms. The number of anilines is 1. The van der Waals surface area contributed by atoms with Gasteiger partial charge in [-0.05, 0) is 58.5 Å². The van der Waals surface area contributed by atoms with E-state index in [9.17, 15) is 14.9 Å². The molecule has 28 heavy (non-hydrogen) atoms. The number of para-hydroxylation sites is 1. The second kappa shape index (κ2) is 10.3. The molecule has 0 saturated heterocycles. The summed E-state index contributed by atoms with van der Waals surface area (Å²) in [6.45, 7) is -0.263. The van der Waals surface area contributed by atoms with Crippen molar-refractivity contribution in [3.63, 3.8) is 0 Å². The first-order chi connectivity index (χ1) is 13.5. The van der Waals surface area contributed by atoms with E-state index < -0.39 is 11.9 Å². The lowest BCUT2D eigenvalue weighted by Crippen LogP contribution is -2.14. The number of methoxy groups -OCH3 is 2. The number of carbonyl (C=O) groups excluding carboxylic acids is 2. The summed E-state index contributed by atoms with van der Waals surface area (Å²) in [5.41, 5.74) is 1.10. The van der Waals surface area contributed by atoms with Crippen LogP contribution in [-0.2, 0) is 14.3 Å². The molecule has 0 radical (unpaired) electrons. The standard InChI is InChI=1S/C20H17IN2O5/c1-26-17-10-13(9-16(21)19(17)28-12-18(24)27-2)8-14(11-22)20(25)23-15-6-4-3-5-7-15/h3-10H,12H2,1-2H3,(H,23,25)/b14-8-. The number of carbonyl (C=O) groups is 2. The van der Waals surface area contributed by atoms with Crippen LogP contribution in [0.2, 0.25) is 0 Å². The Morgan fingerprint density at radius 3 is 2.54 bits per heavy atom. The molecule has 0 aliphatic rings. The van der Waals surface area contributed by atoms with Gasteiger partial charge in [0, 0.05) is 5.69 Å². The molecular formula is C20H17IN2O5. The Morgan fingerprint density at radius 2 is 1.93 bits per heavy atom. The van der Waals surface area contributed by atoms with Gasteiger partial charge in [0.25, 0.3) is 5.91 Å². The van der Waals surface area contributed by atoms with Crippen molar-refractivity contribution in [1.82, 2.24) is 0 Å². The highest BCUT2D eigenvalue weighted by molar-refractivity contribution is 14.1. The normalized spacial score (nSPS) is 10.6. The van der Waals surface area contributed by atoms with Gasteiger partial charge in [0.1, 0.15) is 11.6 Å². The van der Waals surface area contributed by atoms with E-state index in [1.54, 1.807) is 36.4 Å². The van der Waals surface area contributed by atoms with Crippen LogP contribution in [0.25, 0.3) is 6.08 Å². The van der Waals surface area contributed by atoms with Crippen molar-refractivity contribution >= 4 is 46.2 Å². The Labute approximate surface area is 176 Å². The van der Waals surface area contributed by atoms with E-state index in [1.165, 1.54) is 20.3 Å². The van der Waals surface area contributed by atoms with Crippen molar-refractivity contribution in [2.75, 3.05) is 26.1 Å². The number of esters is 1. The van der Waals surface area contributed by atoms with Gasteiger partial charge in [-0.25, -0.2) is 4.79 Å². The third-order valence-electron chi connectivity index (χ3n) is 3.52. The minimum atomic E-state index is -0.522. The predicted molar refractivity (Wildman–Crippen MR) is 112 cm³/mol. The van der Waals surface area contributed by atoms with E-state index in [4.69, 9.17) is 9.47 Å². The van der Waals surface area contributed by atoms with Crippen molar-refractivity contribution in [1.29, 1.82) is 5.26 Å². The maximum Gasteiger partial charge on any atom is 0.343 e. The number of hydrogen-bond donors (Lipinski definition) is 1. The number of nitrogens with one attached hydrogen (secondary N) is 1. The van der Waals surface area contributed by atoms with Gasteiger partial charge >= 0.3 is 5.97 Å². The molecule has 0 saturated carbocycles. The molecule has 0 aromatic heterocycles. The summed E-state index contributed by atoms with van der Waals surface area (Å²) in [5, 5.41) is 12.0. The monoisotopic (exact) mass is 492 g/mol. The van der Waals surface area contributed by atoms with E-state index in [-0.39, 0.29) is 12.2 Å². The molecule has 144 valence electrons. The number of rotatable bonds is 7. The van der Waals surface area contributed by atoms with Crippen LogP contribution in [-0.4, -0.2) is 32.7 Å². The number of nitriles is 1. The van der Waals surface area contributed by atoms with Gasteiger partial charge in [0.05, 0.1) is 17.8 Å². The highest BCUT2D eigenvalue weighted by Crippen LogP contribution is 2.34. The lowest BCUT2D eigenvalue weighted by atomic mass is 10.1. The highest BCUT2D eigenvalue weighted by Gasteiger charge is 2.15. The van der Waals surface area contributed by atoms with Gasteiger partial charge in [-0.2, -0.15) is 5.26 Å². The summed E-state index contributed by atoms with van der Waals surface area (Å²) in [5.74, 6) is -0.305. The number of amides is 1. The predicted octanol–water partition coefficient (Wildman–Crippen LogP) is 3.40. The molecular weight excluding hydrogens is 475 g/mol. The number of hydrogen-bond acceptors (Lipinski definition) is 6. The van der Waals surface area contributed by atoms with E-state index >= 15 is 0 Å². The largest absolute Gasteiger partial charge is 0.493 e. The lowest BCUT2D eigenvalue weighted by molar-refractivity contribution is -0.142. The molecule has 0 aliphatic heterocycles. The maximum absolute atomic E-state index is 12.4. The van der Waals surface area contributed by atoms with Gasteiger partial charge in [0.15, 0.2) is 18.1 Å². The number of nitrogens with zero attached hydrogens (tertiary/aromatic N) is 1. The van der Waals surface area contributed by atoms with Crippen molar-refractivity contribution < 1.29 is 23.8 Å². The first-order valence-corrected chi connectivity index (χ1v) is 9.11. The van der Waals surface area contributed by atoms with Crippen LogP contribution in [0.15, 0.2) is 48.0 Å². The average Bonchev–Trinajstić information content (AvgIpc) is 2.71. The number of ether oxygens (including phenoxy) is 3.